The second-order valence-corrected chi connectivity index (χ2v) is 6.56. The SMILES string of the molecule is CCCNc1nc(-c2cccs2)nc2sc(C)cc12. The molecule has 0 aliphatic rings. The zero-order valence-corrected chi connectivity index (χ0v) is 12.6. The van der Waals surface area contributed by atoms with Gasteiger partial charge in [-0.15, -0.1) is 22.7 Å². The third-order valence-corrected chi connectivity index (χ3v) is 4.61. The molecule has 0 bridgehead atoms. The molecule has 0 saturated carbocycles. The highest BCUT2D eigenvalue weighted by atomic mass is 32.1. The van der Waals surface area contributed by atoms with Gasteiger partial charge < -0.3 is 5.32 Å². The summed E-state index contributed by atoms with van der Waals surface area (Å²) in [7, 11) is 0. The number of aryl methyl sites for hydroxylation is 1. The van der Waals surface area contributed by atoms with Crippen molar-refractivity contribution in [1.29, 1.82) is 0 Å². The van der Waals surface area contributed by atoms with Crippen LogP contribution in [0.4, 0.5) is 5.82 Å². The fraction of sp³-hybridized carbons (Fsp3) is 0.286. The van der Waals surface area contributed by atoms with Crippen molar-refractivity contribution in [2.45, 2.75) is 20.3 Å². The van der Waals surface area contributed by atoms with Crippen LogP contribution in [0, 0.1) is 6.92 Å². The van der Waals surface area contributed by atoms with E-state index in [0.29, 0.717) is 0 Å². The number of hydrogen-bond donors (Lipinski definition) is 1. The van der Waals surface area contributed by atoms with E-state index < -0.39 is 0 Å². The van der Waals surface area contributed by atoms with Gasteiger partial charge in [-0.05, 0) is 30.9 Å². The fourth-order valence-electron chi connectivity index (χ4n) is 1.94. The minimum absolute atomic E-state index is 0.822. The number of anilines is 1. The summed E-state index contributed by atoms with van der Waals surface area (Å²) >= 11 is 3.40. The molecule has 0 aromatic carbocycles. The van der Waals surface area contributed by atoms with E-state index in [-0.39, 0.29) is 0 Å². The first kappa shape index (κ1) is 12.6. The fourth-order valence-corrected chi connectivity index (χ4v) is 3.47. The second-order valence-electron chi connectivity index (χ2n) is 4.38. The van der Waals surface area contributed by atoms with Crippen LogP contribution in [0.25, 0.3) is 20.9 Å². The molecule has 0 radical (unpaired) electrons. The lowest BCUT2D eigenvalue weighted by Gasteiger charge is -2.06. The lowest BCUT2D eigenvalue weighted by Crippen LogP contribution is -2.03. The normalized spacial score (nSPS) is 11.1. The number of thiophene rings is 2. The third kappa shape index (κ3) is 2.48. The van der Waals surface area contributed by atoms with E-state index in [1.54, 1.807) is 22.7 Å². The van der Waals surface area contributed by atoms with Gasteiger partial charge in [0.15, 0.2) is 5.82 Å². The quantitative estimate of drug-likeness (QED) is 0.765. The molecule has 3 rings (SSSR count). The van der Waals surface area contributed by atoms with E-state index in [0.717, 1.165) is 39.7 Å². The maximum Gasteiger partial charge on any atom is 0.173 e. The Labute approximate surface area is 120 Å². The number of aromatic nitrogens is 2. The first-order valence-corrected chi connectivity index (χ1v) is 8.03. The zero-order valence-electron chi connectivity index (χ0n) is 10.9. The Hall–Kier alpha value is -1.46. The molecule has 3 heterocycles. The molecule has 98 valence electrons. The molecule has 0 amide bonds. The summed E-state index contributed by atoms with van der Waals surface area (Å²) in [6, 6.07) is 6.26. The average Bonchev–Trinajstić information content (AvgIpc) is 3.03. The topological polar surface area (TPSA) is 37.8 Å². The van der Waals surface area contributed by atoms with Gasteiger partial charge in [0.25, 0.3) is 0 Å². The van der Waals surface area contributed by atoms with Crippen molar-refractivity contribution in [2.24, 2.45) is 0 Å². The molecule has 1 N–H and O–H groups in total. The minimum Gasteiger partial charge on any atom is -0.369 e. The summed E-state index contributed by atoms with van der Waals surface area (Å²) in [6.07, 6.45) is 1.09. The molecule has 0 unspecified atom stereocenters. The van der Waals surface area contributed by atoms with E-state index in [9.17, 15) is 0 Å². The predicted octanol–water partition coefficient (Wildman–Crippen LogP) is 4.55. The van der Waals surface area contributed by atoms with Crippen LogP contribution >= 0.6 is 22.7 Å². The molecule has 0 aliphatic heterocycles. The molecule has 0 fully saturated rings. The summed E-state index contributed by atoms with van der Waals surface area (Å²) in [5, 5.41) is 6.61. The predicted molar refractivity (Wildman–Crippen MR) is 84.2 cm³/mol. The molecule has 0 spiro atoms. The highest BCUT2D eigenvalue weighted by Crippen LogP contribution is 2.32. The van der Waals surface area contributed by atoms with Gasteiger partial charge in [0.05, 0.1) is 10.3 Å². The minimum atomic E-state index is 0.822. The number of rotatable bonds is 4. The highest BCUT2D eigenvalue weighted by molar-refractivity contribution is 7.18. The Bertz CT molecular complexity index is 686. The zero-order chi connectivity index (χ0) is 13.2. The largest absolute Gasteiger partial charge is 0.369 e. The van der Waals surface area contributed by atoms with Crippen molar-refractivity contribution < 1.29 is 0 Å². The van der Waals surface area contributed by atoms with Crippen LogP contribution < -0.4 is 5.32 Å². The van der Waals surface area contributed by atoms with Crippen molar-refractivity contribution >= 4 is 38.7 Å². The van der Waals surface area contributed by atoms with Gasteiger partial charge in [-0.25, -0.2) is 9.97 Å². The average molecular weight is 289 g/mol. The van der Waals surface area contributed by atoms with Gasteiger partial charge in [0, 0.05) is 11.4 Å². The Morgan fingerprint density at radius 3 is 2.95 bits per heavy atom. The standard InChI is InChI=1S/C14H15N3S2/c1-3-6-15-12-10-8-9(2)19-14(10)17-13(16-12)11-5-4-7-18-11/h4-5,7-8H,3,6H2,1-2H3,(H,15,16,17). The smallest absolute Gasteiger partial charge is 0.173 e. The van der Waals surface area contributed by atoms with Crippen molar-refractivity contribution in [3.05, 3.63) is 28.5 Å². The van der Waals surface area contributed by atoms with E-state index in [1.165, 1.54) is 4.88 Å². The van der Waals surface area contributed by atoms with Gasteiger partial charge in [0.1, 0.15) is 10.6 Å². The maximum absolute atomic E-state index is 4.69. The van der Waals surface area contributed by atoms with E-state index in [1.807, 2.05) is 6.07 Å². The Kier molecular flexibility index (Phi) is 3.48. The van der Waals surface area contributed by atoms with E-state index >= 15 is 0 Å². The summed E-state index contributed by atoms with van der Waals surface area (Å²) in [4.78, 5) is 12.8. The Morgan fingerprint density at radius 1 is 1.32 bits per heavy atom. The second kappa shape index (κ2) is 5.27. The van der Waals surface area contributed by atoms with Crippen molar-refractivity contribution in [3.8, 4) is 10.7 Å². The first-order valence-electron chi connectivity index (χ1n) is 6.34. The monoisotopic (exact) mass is 289 g/mol. The van der Waals surface area contributed by atoms with Crippen LogP contribution in [-0.2, 0) is 0 Å². The van der Waals surface area contributed by atoms with Gasteiger partial charge in [-0.1, -0.05) is 13.0 Å². The van der Waals surface area contributed by atoms with Gasteiger partial charge in [-0.3, -0.25) is 0 Å². The van der Waals surface area contributed by atoms with Gasteiger partial charge in [-0.2, -0.15) is 0 Å². The van der Waals surface area contributed by atoms with Crippen LogP contribution in [0.15, 0.2) is 23.6 Å². The van der Waals surface area contributed by atoms with Gasteiger partial charge in [0.2, 0.25) is 0 Å². The number of nitrogens with one attached hydrogen (secondary N) is 1. The number of nitrogens with zero attached hydrogens (tertiary/aromatic N) is 2. The van der Waals surface area contributed by atoms with Crippen molar-refractivity contribution in [2.75, 3.05) is 11.9 Å². The Balaban J connectivity index is 2.14. The van der Waals surface area contributed by atoms with Crippen LogP contribution in [0.2, 0.25) is 0 Å². The molecule has 0 atom stereocenters. The molecule has 3 nitrogen and oxygen atoms in total. The molecular weight excluding hydrogens is 274 g/mol. The van der Waals surface area contributed by atoms with Crippen molar-refractivity contribution in [3.63, 3.8) is 0 Å². The van der Waals surface area contributed by atoms with Crippen LogP contribution in [0.1, 0.15) is 18.2 Å². The molecule has 19 heavy (non-hydrogen) atoms. The highest BCUT2D eigenvalue weighted by Gasteiger charge is 2.11. The van der Waals surface area contributed by atoms with Crippen LogP contribution in [0.5, 0.6) is 0 Å². The molecule has 3 aromatic rings. The van der Waals surface area contributed by atoms with Crippen molar-refractivity contribution in [1.82, 2.24) is 9.97 Å². The molecule has 3 aromatic heterocycles. The number of fused-ring (bicyclic) bond motifs is 1. The number of hydrogen-bond acceptors (Lipinski definition) is 5. The van der Waals surface area contributed by atoms with E-state index in [4.69, 9.17) is 0 Å². The lowest BCUT2D eigenvalue weighted by atomic mass is 10.3. The molecule has 5 heteroatoms. The maximum atomic E-state index is 4.69. The summed E-state index contributed by atoms with van der Waals surface area (Å²) in [6.45, 7) is 5.20. The first-order chi connectivity index (χ1) is 9.28. The lowest BCUT2D eigenvalue weighted by molar-refractivity contribution is 0.971. The van der Waals surface area contributed by atoms with E-state index in [2.05, 4.69) is 46.6 Å². The van der Waals surface area contributed by atoms with Crippen LogP contribution in [0.3, 0.4) is 0 Å². The summed E-state index contributed by atoms with van der Waals surface area (Å²) < 4.78 is 0. The third-order valence-electron chi connectivity index (χ3n) is 2.80. The van der Waals surface area contributed by atoms with Crippen LogP contribution in [-0.4, -0.2) is 16.5 Å². The Morgan fingerprint density at radius 2 is 2.21 bits per heavy atom. The molecule has 0 aliphatic carbocycles. The molecular formula is C14H15N3S2. The summed E-state index contributed by atoms with van der Waals surface area (Å²) in [5.74, 6) is 1.78. The molecule has 0 saturated heterocycles. The summed E-state index contributed by atoms with van der Waals surface area (Å²) in [5.41, 5.74) is 0. The van der Waals surface area contributed by atoms with Gasteiger partial charge >= 0.3 is 0 Å².